The maximum Gasteiger partial charge on any atom is 0.305 e. The van der Waals surface area contributed by atoms with Crippen LogP contribution in [0.2, 0.25) is 10.0 Å². The van der Waals surface area contributed by atoms with E-state index in [0.29, 0.717) is 62.7 Å². The van der Waals surface area contributed by atoms with E-state index in [1.165, 1.54) is 0 Å². The molecule has 0 fully saturated rings. The predicted molar refractivity (Wildman–Crippen MR) is 174 cm³/mol. The quantitative estimate of drug-likeness (QED) is 0.304. The highest BCUT2D eigenvalue weighted by Crippen LogP contribution is 2.56. The first-order valence-corrected chi connectivity index (χ1v) is 16.5. The fourth-order valence-corrected chi connectivity index (χ4v) is 8.41. The van der Waals surface area contributed by atoms with Crippen LogP contribution >= 0.6 is 55.1 Å². The summed E-state index contributed by atoms with van der Waals surface area (Å²) in [6.45, 7) is 8.55. The van der Waals surface area contributed by atoms with Gasteiger partial charge in [-0.3, -0.25) is 14.4 Å². The SMILES string of the molecule is CC1(C)CC(=O)C2=C(C1)N(CCC(=O)O)C1=C(C(=O)CC(C)(C)C1)C2c1cc(Br)cc(Br)c1OCc1ccc(Cl)cc1Cl. The van der Waals surface area contributed by atoms with Crippen molar-refractivity contribution in [2.24, 2.45) is 10.8 Å². The van der Waals surface area contributed by atoms with Crippen LogP contribution in [0, 0.1) is 10.8 Å². The second-order valence-corrected chi connectivity index (χ2v) is 15.8. The Morgan fingerprint density at radius 2 is 1.53 bits per heavy atom. The van der Waals surface area contributed by atoms with Crippen LogP contribution in [-0.2, 0) is 21.0 Å². The zero-order valence-corrected chi connectivity index (χ0v) is 29.1. The summed E-state index contributed by atoms with van der Waals surface area (Å²) in [4.78, 5) is 42.0. The number of rotatable bonds is 7. The van der Waals surface area contributed by atoms with Crippen LogP contribution in [0.4, 0.5) is 0 Å². The second kappa shape index (κ2) is 12.0. The molecular formula is C33H33Br2Cl2NO5. The van der Waals surface area contributed by atoms with Crippen LogP contribution in [0.1, 0.15) is 76.8 Å². The predicted octanol–water partition coefficient (Wildman–Crippen LogP) is 9.26. The van der Waals surface area contributed by atoms with Crippen LogP contribution in [-0.4, -0.2) is 34.1 Å². The van der Waals surface area contributed by atoms with Crippen molar-refractivity contribution in [3.8, 4) is 5.75 Å². The van der Waals surface area contributed by atoms with Crippen molar-refractivity contribution in [2.75, 3.05) is 6.54 Å². The summed E-state index contributed by atoms with van der Waals surface area (Å²) in [7, 11) is 0. The van der Waals surface area contributed by atoms with Gasteiger partial charge in [0.25, 0.3) is 0 Å². The molecular weight excluding hydrogens is 721 g/mol. The molecule has 5 rings (SSSR count). The minimum absolute atomic E-state index is 0.0384. The van der Waals surface area contributed by atoms with Crippen molar-refractivity contribution >= 4 is 72.6 Å². The van der Waals surface area contributed by atoms with Gasteiger partial charge in [0.1, 0.15) is 12.4 Å². The van der Waals surface area contributed by atoms with E-state index >= 15 is 0 Å². The number of hydrogen-bond acceptors (Lipinski definition) is 5. The maximum atomic E-state index is 14.1. The van der Waals surface area contributed by atoms with Gasteiger partial charge >= 0.3 is 5.97 Å². The molecule has 0 saturated heterocycles. The largest absolute Gasteiger partial charge is 0.487 e. The number of benzene rings is 2. The molecule has 6 nitrogen and oxygen atoms in total. The zero-order chi connectivity index (χ0) is 31.4. The Morgan fingerprint density at radius 3 is 2.07 bits per heavy atom. The average molecular weight is 754 g/mol. The molecule has 0 atom stereocenters. The first-order valence-electron chi connectivity index (χ1n) is 14.1. The molecule has 1 N–H and O–H groups in total. The number of aliphatic carboxylic acids is 1. The summed E-state index contributed by atoms with van der Waals surface area (Å²) < 4.78 is 7.87. The molecule has 0 aromatic heterocycles. The van der Waals surface area contributed by atoms with Gasteiger partial charge in [-0.25, -0.2) is 0 Å². The molecule has 1 heterocycles. The zero-order valence-electron chi connectivity index (χ0n) is 24.5. The van der Waals surface area contributed by atoms with Crippen molar-refractivity contribution in [3.63, 3.8) is 0 Å². The summed E-state index contributed by atoms with van der Waals surface area (Å²) in [6, 6.07) is 8.99. The molecule has 0 saturated carbocycles. The Kier molecular flexibility index (Phi) is 9.00. The molecule has 43 heavy (non-hydrogen) atoms. The summed E-state index contributed by atoms with van der Waals surface area (Å²) in [5.74, 6) is -1.16. The number of ketones is 2. The molecule has 1 aliphatic heterocycles. The average Bonchev–Trinajstić information content (AvgIpc) is 2.85. The van der Waals surface area contributed by atoms with Gasteiger partial charge in [-0.2, -0.15) is 0 Å². The Balaban J connectivity index is 1.73. The van der Waals surface area contributed by atoms with Gasteiger partial charge in [0.2, 0.25) is 0 Å². The lowest BCUT2D eigenvalue weighted by atomic mass is 9.63. The Hall–Kier alpha value is -2.13. The second-order valence-electron chi connectivity index (χ2n) is 13.2. The van der Waals surface area contributed by atoms with Gasteiger partial charge in [0.05, 0.1) is 10.9 Å². The lowest BCUT2D eigenvalue weighted by molar-refractivity contribution is -0.137. The van der Waals surface area contributed by atoms with Crippen molar-refractivity contribution < 1.29 is 24.2 Å². The molecule has 2 aromatic rings. The van der Waals surface area contributed by atoms with Gasteiger partial charge in [-0.15, -0.1) is 0 Å². The molecule has 0 bridgehead atoms. The first kappa shape index (κ1) is 32.3. The number of hydrogen-bond donors (Lipinski definition) is 1. The number of Topliss-reactive ketones (excluding diaryl/α,β-unsaturated/α-hetero) is 2. The van der Waals surface area contributed by atoms with E-state index in [1.54, 1.807) is 18.2 Å². The molecule has 3 aliphatic rings. The van der Waals surface area contributed by atoms with Crippen molar-refractivity contribution in [1.29, 1.82) is 0 Å². The number of halogens is 4. The summed E-state index contributed by atoms with van der Waals surface area (Å²) in [5.41, 5.74) is 3.49. The highest BCUT2D eigenvalue weighted by molar-refractivity contribution is 9.11. The third kappa shape index (κ3) is 6.63. The number of ether oxygens (including phenoxy) is 1. The molecule has 228 valence electrons. The van der Waals surface area contributed by atoms with Gasteiger partial charge in [0.15, 0.2) is 11.6 Å². The van der Waals surface area contributed by atoms with E-state index in [0.717, 1.165) is 21.4 Å². The number of carboxylic acid groups (broad SMARTS) is 1. The first-order chi connectivity index (χ1) is 20.1. The molecule has 0 radical (unpaired) electrons. The van der Waals surface area contributed by atoms with E-state index in [-0.39, 0.29) is 42.0 Å². The van der Waals surface area contributed by atoms with Crippen molar-refractivity contribution in [2.45, 2.75) is 72.3 Å². The van der Waals surface area contributed by atoms with Gasteiger partial charge in [0, 0.05) is 73.5 Å². The highest BCUT2D eigenvalue weighted by atomic mass is 79.9. The molecule has 0 unspecified atom stereocenters. The van der Waals surface area contributed by atoms with Crippen LogP contribution < -0.4 is 4.74 Å². The minimum atomic E-state index is -0.929. The third-order valence-corrected chi connectivity index (χ3v) is 9.94. The summed E-state index contributed by atoms with van der Waals surface area (Å²) in [6.07, 6.45) is 1.70. The molecule has 0 spiro atoms. The highest BCUT2D eigenvalue weighted by Gasteiger charge is 2.49. The fourth-order valence-electron chi connectivity index (χ4n) is 6.57. The standard InChI is InChI=1S/C33H33Br2Cl2NO5/c1-32(2)12-23-29(25(39)14-32)28(30-24(38(23)8-7-27(41)42)13-33(3,4)15-26(30)40)20-9-18(34)10-21(35)31(20)43-16-17-5-6-19(36)11-22(17)37/h5-6,9-11,28H,7-8,12-16H2,1-4H3,(H,41,42). The van der Waals surface area contributed by atoms with Crippen molar-refractivity contribution in [1.82, 2.24) is 4.90 Å². The van der Waals surface area contributed by atoms with Gasteiger partial charge < -0.3 is 14.7 Å². The van der Waals surface area contributed by atoms with E-state index in [2.05, 4.69) is 59.6 Å². The summed E-state index contributed by atoms with van der Waals surface area (Å²) >= 11 is 19.9. The molecule has 2 aromatic carbocycles. The lowest BCUT2D eigenvalue weighted by Crippen LogP contribution is -2.45. The monoisotopic (exact) mass is 751 g/mol. The number of carbonyl (C=O) groups is 3. The van der Waals surface area contributed by atoms with E-state index in [1.807, 2.05) is 17.0 Å². The van der Waals surface area contributed by atoms with Crippen LogP contribution in [0.25, 0.3) is 0 Å². The maximum absolute atomic E-state index is 14.1. The Labute approximate surface area is 278 Å². The van der Waals surface area contributed by atoms with E-state index in [9.17, 15) is 19.5 Å². The Morgan fingerprint density at radius 1 is 0.953 bits per heavy atom. The molecule has 0 amide bonds. The minimum Gasteiger partial charge on any atom is -0.487 e. The topological polar surface area (TPSA) is 83.9 Å². The van der Waals surface area contributed by atoms with Crippen LogP contribution in [0.15, 0.2) is 61.8 Å². The Bertz CT molecular complexity index is 1560. The molecule has 2 aliphatic carbocycles. The van der Waals surface area contributed by atoms with E-state index in [4.69, 9.17) is 27.9 Å². The van der Waals surface area contributed by atoms with Crippen LogP contribution in [0.5, 0.6) is 5.75 Å². The van der Waals surface area contributed by atoms with Gasteiger partial charge in [-0.1, -0.05) is 72.9 Å². The van der Waals surface area contributed by atoms with E-state index < -0.39 is 11.9 Å². The fraction of sp³-hybridized carbons (Fsp3) is 0.424. The third-order valence-electron chi connectivity index (χ3n) is 8.31. The number of carboxylic acids is 1. The van der Waals surface area contributed by atoms with Crippen LogP contribution in [0.3, 0.4) is 0 Å². The molecule has 10 heteroatoms. The number of nitrogens with zero attached hydrogens (tertiary/aromatic N) is 1. The number of allylic oxidation sites excluding steroid dienone is 4. The smallest absolute Gasteiger partial charge is 0.305 e. The summed E-state index contributed by atoms with van der Waals surface area (Å²) in [5, 5.41) is 10.6. The lowest BCUT2D eigenvalue weighted by Gasteiger charge is -2.49. The number of carbonyl (C=O) groups excluding carboxylic acids is 2. The van der Waals surface area contributed by atoms with Crippen molar-refractivity contribution in [3.05, 3.63) is 83.0 Å². The normalized spacial score (nSPS) is 19.9. The van der Waals surface area contributed by atoms with Gasteiger partial charge in [-0.05, 0) is 63.9 Å².